The quantitative estimate of drug-likeness (QED) is 0.603. The molecule has 0 aromatic rings. The van der Waals surface area contributed by atoms with E-state index in [1.165, 1.54) is 12.0 Å². The lowest BCUT2D eigenvalue weighted by molar-refractivity contribution is -0.0132. The largest absolute Gasteiger partial charge is 0.346 e. The summed E-state index contributed by atoms with van der Waals surface area (Å²) in [6.45, 7) is 5.81. The molecule has 0 aliphatic carbocycles. The number of hydrogen-bond donors (Lipinski definition) is 0. The van der Waals surface area contributed by atoms with Gasteiger partial charge in [-0.15, -0.1) is 0 Å². The van der Waals surface area contributed by atoms with Crippen molar-refractivity contribution in [1.82, 2.24) is 0 Å². The van der Waals surface area contributed by atoms with Crippen molar-refractivity contribution in [2.45, 2.75) is 39.4 Å². The number of rotatable bonds is 4. The van der Waals surface area contributed by atoms with Crippen LogP contribution in [-0.4, -0.2) is 19.5 Å². The number of ether oxygens (including phenoxy) is 2. The predicted molar refractivity (Wildman–Crippen MR) is 49.0 cm³/mol. The van der Waals surface area contributed by atoms with Crippen molar-refractivity contribution in [1.29, 1.82) is 0 Å². The Hall–Kier alpha value is -0.340. The fourth-order valence-electron chi connectivity index (χ4n) is 1.31. The first-order chi connectivity index (χ1) is 5.88. The lowest BCUT2D eigenvalue weighted by Gasteiger charge is -2.11. The van der Waals surface area contributed by atoms with Crippen molar-refractivity contribution in [3.63, 3.8) is 0 Å². The Bertz CT molecular complexity index is 146. The summed E-state index contributed by atoms with van der Waals surface area (Å²) in [4.78, 5) is 0. The molecular formula is C10H18O2. The van der Waals surface area contributed by atoms with Gasteiger partial charge in [0.15, 0.2) is 6.29 Å². The van der Waals surface area contributed by atoms with Gasteiger partial charge in [-0.1, -0.05) is 26.3 Å². The zero-order valence-electron chi connectivity index (χ0n) is 8.01. The SMILES string of the molecule is CCCC=C(CC)C1OCCO1. The highest BCUT2D eigenvalue weighted by Crippen LogP contribution is 2.17. The van der Waals surface area contributed by atoms with Crippen LogP contribution in [0.1, 0.15) is 33.1 Å². The van der Waals surface area contributed by atoms with E-state index in [0.717, 1.165) is 26.1 Å². The molecule has 0 saturated carbocycles. The Balaban J connectivity index is 2.42. The zero-order chi connectivity index (χ0) is 8.81. The molecule has 1 saturated heterocycles. The molecule has 12 heavy (non-hydrogen) atoms. The molecule has 1 fully saturated rings. The first-order valence-electron chi connectivity index (χ1n) is 4.80. The molecule has 1 aliphatic heterocycles. The van der Waals surface area contributed by atoms with Crippen molar-refractivity contribution >= 4 is 0 Å². The molecule has 0 aromatic carbocycles. The highest BCUT2D eigenvalue weighted by Gasteiger charge is 2.18. The Labute approximate surface area is 74.6 Å². The second-order valence-electron chi connectivity index (χ2n) is 2.99. The molecule has 0 bridgehead atoms. The lowest BCUT2D eigenvalue weighted by Crippen LogP contribution is -2.10. The van der Waals surface area contributed by atoms with Crippen molar-refractivity contribution < 1.29 is 9.47 Å². The van der Waals surface area contributed by atoms with Crippen molar-refractivity contribution in [3.05, 3.63) is 11.6 Å². The van der Waals surface area contributed by atoms with Crippen LogP contribution in [0, 0.1) is 0 Å². The number of unbranched alkanes of at least 4 members (excludes halogenated alkanes) is 1. The van der Waals surface area contributed by atoms with Crippen LogP contribution in [0.25, 0.3) is 0 Å². The molecule has 0 atom stereocenters. The van der Waals surface area contributed by atoms with Gasteiger partial charge in [0.2, 0.25) is 0 Å². The monoisotopic (exact) mass is 170 g/mol. The van der Waals surface area contributed by atoms with Gasteiger partial charge in [-0.05, 0) is 18.4 Å². The molecule has 1 rings (SSSR count). The third-order valence-corrected chi connectivity index (χ3v) is 2.03. The zero-order valence-corrected chi connectivity index (χ0v) is 8.01. The van der Waals surface area contributed by atoms with E-state index < -0.39 is 0 Å². The number of allylic oxidation sites excluding steroid dienone is 1. The summed E-state index contributed by atoms with van der Waals surface area (Å²) in [5.74, 6) is 0. The van der Waals surface area contributed by atoms with E-state index in [-0.39, 0.29) is 6.29 Å². The lowest BCUT2D eigenvalue weighted by atomic mass is 10.1. The van der Waals surface area contributed by atoms with Gasteiger partial charge in [-0.3, -0.25) is 0 Å². The topological polar surface area (TPSA) is 18.5 Å². The fourth-order valence-corrected chi connectivity index (χ4v) is 1.31. The first kappa shape index (κ1) is 9.75. The maximum Gasteiger partial charge on any atom is 0.179 e. The van der Waals surface area contributed by atoms with E-state index in [0.29, 0.717) is 0 Å². The minimum Gasteiger partial charge on any atom is -0.346 e. The van der Waals surface area contributed by atoms with E-state index in [1.807, 2.05) is 0 Å². The van der Waals surface area contributed by atoms with Crippen LogP contribution in [0.15, 0.2) is 11.6 Å². The van der Waals surface area contributed by atoms with Gasteiger partial charge in [0.05, 0.1) is 13.2 Å². The van der Waals surface area contributed by atoms with Crippen molar-refractivity contribution in [2.75, 3.05) is 13.2 Å². The molecule has 0 spiro atoms. The van der Waals surface area contributed by atoms with Crippen LogP contribution >= 0.6 is 0 Å². The van der Waals surface area contributed by atoms with Crippen LogP contribution in [0.4, 0.5) is 0 Å². The summed E-state index contributed by atoms with van der Waals surface area (Å²) >= 11 is 0. The summed E-state index contributed by atoms with van der Waals surface area (Å²) in [5.41, 5.74) is 1.30. The third-order valence-electron chi connectivity index (χ3n) is 2.03. The normalized spacial score (nSPS) is 20.3. The molecule has 0 aromatic heterocycles. The van der Waals surface area contributed by atoms with Crippen molar-refractivity contribution in [3.8, 4) is 0 Å². The Morgan fingerprint density at radius 2 is 2.00 bits per heavy atom. The second-order valence-corrected chi connectivity index (χ2v) is 2.99. The summed E-state index contributed by atoms with van der Waals surface area (Å²) in [6, 6.07) is 0. The summed E-state index contributed by atoms with van der Waals surface area (Å²) in [5, 5.41) is 0. The van der Waals surface area contributed by atoms with Gasteiger partial charge in [-0.2, -0.15) is 0 Å². The number of hydrogen-bond acceptors (Lipinski definition) is 2. The van der Waals surface area contributed by atoms with Gasteiger partial charge < -0.3 is 9.47 Å². The van der Waals surface area contributed by atoms with E-state index in [9.17, 15) is 0 Å². The average molecular weight is 170 g/mol. The maximum absolute atomic E-state index is 5.41. The summed E-state index contributed by atoms with van der Waals surface area (Å²) in [6.07, 6.45) is 5.56. The average Bonchev–Trinajstić information content (AvgIpc) is 2.59. The molecule has 70 valence electrons. The summed E-state index contributed by atoms with van der Waals surface area (Å²) < 4.78 is 10.8. The third kappa shape index (κ3) is 2.61. The van der Waals surface area contributed by atoms with E-state index in [2.05, 4.69) is 19.9 Å². The molecule has 2 nitrogen and oxygen atoms in total. The van der Waals surface area contributed by atoms with Crippen LogP contribution < -0.4 is 0 Å². The Morgan fingerprint density at radius 1 is 1.33 bits per heavy atom. The molecule has 0 radical (unpaired) electrons. The first-order valence-corrected chi connectivity index (χ1v) is 4.80. The van der Waals surface area contributed by atoms with Crippen LogP contribution in [0.3, 0.4) is 0 Å². The van der Waals surface area contributed by atoms with E-state index >= 15 is 0 Å². The minimum absolute atomic E-state index is 0.0402. The highest BCUT2D eigenvalue weighted by atomic mass is 16.7. The fraction of sp³-hybridized carbons (Fsp3) is 0.800. The van der Waals surface area contributed by atoms with Gasteiger partial charge in [-0.25, -0.2) is 0 Å². The smallest absolute Gasteiger partial charge is 0.179 e. The highest BCUT2D eigenvalue weighted by molar-refractivity contribution is 5.05. The standard InChI is InChI=1S/C10H18O2/c1-3-5-6-9(4-2)10-11-7-8-12-10/h6,10H,3-5,7-8H2,1-2H3. The van der Waals surface area contributed by atoms with Crippen LogP contribution in [-0.2, 0) is 9.47 Å². The molecule has 0 unspecified atom stereocenters. The molecule has 1 heterocycles. The van der Waals surface area contributed by atoms with Gasteiger partial charge in [0.1, 0.15) is 0 Å². The minimum atomic E-state index is -0.0402. The van der Waals surface area contributed by atoms with Gasteiger partial charge in [0, 0.05) is 0 Å². The van der Waals surface area contributed by atoms with E-state index in [1.54, 1.807) is 0 Å². The van der Waals surface area contributed by atoms with Crippen LogP contribution in [0.5, 0.6) is 0 Å². The van der Waals surface area contributed by atoms with Crippen molar-refractivity contribution in [2.24, 2.45) is 0 Å². The Morgan fingerprint density at radius 3 is 2.50 bits per heavy atom. The molecule has 2 heteroatoms. The summed E-state index contributed by atoms with van der Waals surface area (Å²) in [7, 11) is 0. The Kier molecular flexibility index (Phi) is 4.33. The second kappa shape index (κ2) is 5.33. The van der Waals surface area contributed by atoms with Gasteiger partial charge >= 0.3 is 0 Å². The molecule has 1 aliphatic rings. The van der Waals surface area contributed by atoms with Crippen LogP contribution in [0.2, 0.25) is 0 Å². The maximum atomic E-state index is 5.41. The molecule has 0 N–H and O–H groups in total. The van der Waals surface area contributed by atoms with Gasteiger partial charge in [0.25, 0.3) is 0 Å². The van der Waals surface area contributed by atoms with E-state index in [4.69, 9.17) is 9.47 Å². The molecular weight excluding hydrogens is 152 g/mol. The molecule has 0 amide bonds. The predicted octanol–water partition coefficient (Wildman–Crippen LogP) is 2.50.